The molecule has 18 heavy (non-hydrogen) atoms. The lowest BCUT2D eigenvalue weighted by Crippen LogP contribution is -2.52. The molecular formula is C13H26N2O3. The van der Waals surface area contributed by atoms with Gasteiger partial charge in [-0.3, -0.25) is 9.69 Å². The van der Waals surface area contributed by atoms with Crippen LogP contribution in [0.15, 0.2) is 0 Å². The van der Waals surface area contributed by atoms with Gasteiger partial charge in [0.1, 0.15) is 5.54 Å². The van der Waals surface area contributed by atoms with Crippen LogP contribution < -0.4 is 5.73 Å². The second-order valence-corrected chi connectivity index (χ2v) is 5.38. The van der Waals surface area contributed by atoms with Crippen molar-refractivity contribution in [3.05, 3.63) is 0 Å². The maximum absolute atomic E-state index is 11.7. The van der Waals surface area contributed by atoms with E-state index in [1.54, 1.807) is 13.8 Å². The van der Waals surface area contributed by atoms with E-state index in [0.717, 1.165) is 19.7 Å². The van der Waals surface area contributed by atoms with Crippen molar-refractivity contribution in [2.75, 3.05) is 26.3 Å². The van der Waals surface area contributed by atoms with Crippen molar-refractivity contribution in [1.82, 2.24) is 4.90 Å². The normalized spacial score (nSPS) is 28.7. The highest BCUT2D eigenvalue weighted by Crippen LogP contribution is 2.15. The molecule has 106 valence electrons. The molecule has 3 unspecified atom stereocenters. The van der Waals surface area contributed by atoms with Gasteiger partial charge in [0.2, 0.25) is 0 Å². The van der Waals surface area contributed by atoms with Crippen LogP contribution in [0.2, 0.25) is 0 Å². The number of esters is 1. The highest BCUT2D eigenvalue weighted by atomic mass is 16.5. The third-order valence-corrected chi connectivity index (χ3v) is 3.40. The SMILES string of the molecule is CCOC(=O)C(C)(N)CCN1CC(C)OCC1C. The zero-order valence-electron chi connectivity index (χ0n) is 11.9. The van der Waals surface area contributed by atoms with Crippen molar-refractivity contribution >= 4 is 5.97 Å². The molecule has 5 heteroatoms. The van der Waals surface area contributed by atoms with Crippen molar-refractivity contribution in [3.63, 3.8) is 0 Å². The molecule has 1 saturated heterocycles. The van der Waals surface area contributed by atoms with Gasteiger partial charge in [0.15, 0.2) is 0 Å². The van der Waals surface area contributed by atoms with Crippen LogP contribution in [0.4, 0.5) is 0 Å². The summed E-state index contributed by atoms with van der Waals surface area (Å²) in [5.74, 6) is -0.320. The Morgan fingerprint density at radius 3 is 2.83 bits per heavy atom. The van der Waals surface area contributed by atoms with Crippen molar-refractivity contribution in [1.29, 1.82) is 0 Å². The summed E-state index contributed by atoms with van der Waals surface area (Å²) < 4.78 is 10.6. The molecule has 1 heterocycles. The van der Waals surface area contributed by atoms with Crippen molar-refractivity contribution in [2.45, 2.75) is 51.8 Å². The molecule has 2 N–H and O–H groups in total. The molecule has 0 aromatic carbocycles. The molecule has 0 bridgehead atoms. The predicted molar refractivity (Wildman–Crippen MR) is 70.3 cm³/mol. The number of hydrogen-bond acceptors (Lipinski definition) is 5. The predicted octanol–water partition coefficient (Wildman–Crippen LogP) is 0.766. The first kappa shape index (κ1) is 15.4. The Balaban J connectivity index is 2.45. The van der Waals surface area contributed by atoms with Gasteiger partial charge in [-0.05, 0) is 34.1 Å². The second kappa shape index (κ2) is 6.50. The smallest absolute Gasteiger partial charge is 0.325 e. The van der Waals surface area contributed by atoms with Gasteiger partial charge < -0.3 is 15.2 Å². The van der Waals surface area contributed by atoms with Crippen LogP contribution in [0.25, 0.3) is 0 Å². The van der Waals surface area contributed by atoms with Gasteiger partial charge in [-0.15, -0.1) is 0 Å². The van der Waals surface area contributed by atoms with Gasteiger partial charge in [0, 0.05) is 19.1 Å². The van der Waals surface area contributed by atoms with E-state index in [4.69, 9.17) is 15.2 Å². The van der Waals surface area contributed by atoms with Gasteiger partial charge in [-0.1, -0.05) is 0 Å². The number of nitrogens with two attached hydrogens (primary N) is 1. The lowest BCUT2D eigenvalue weighted by molar-refractivity contribution is -0.149. The van der Waals surface area contributed by atoms with Crippen molar-refractivity contribution < 1.29 is 14.3 Å². The summed E-state index contributed by atoms with van der Waals surface area (Å²) in [6.45, 7) is 10.5. The minimum Gasteiger partial charge on any atom is -0.465 e. The Morgan fingerprint density at radius 1 is 1.56 bits per heavy atom. The van der Waals surface area contributed by atoms with Gasteiger partial charge in [-0.25, -0.2) is 0 Å². The van der Waals surface area contributed by atoms with E-state index in [2.05, 4.69) is 18.7 Å². The molecule has 0 aromatic rings. The van der Waals surface area contributed by atoms with Crippen LogP contribution in [0.3, 0.4) is 0 Å². The summed E-state index contributed by atoms with van der Waals surface area (Å²) in [4.78, 5) is 14.0. The highest BCUT2D eigenvalue weighted by molar-refractivity contribution is 5.79. The van der Waals surface area contributed by atoms with Crippen LogP contribution >= 0.6 is 0 Å². The third kappa shape index (κ3) is 4.23. The van der Waals surface area contributed by atoms with Crippen LogP contribution in [-0.2, 0) is 14.3 Å². The first-order chi connectivity index (χ1) is 8.36. The zero-order valence-corrected chi connectivity index (χ0v) is 11.9. The van der Waals surface area contributed by atoms with Gasteiger partial charge in [-0.2, -0.15) is 0 Å². The van der Waals surface area contributed by atoms with Crippen LogP contribution in [0, 0.1) is 0 Å². The summed E-state index contributed by atoms with van der Waals surface area (Å²) >= 11 is 0. The Morgan fingerprint density at radius 2 is 2.22 bits per heavy atom. The molecule has 3 atom stereocenters. The molecule has 0 aromatic heterocycles. The molecule has 0 spiro atoms. The molecule has 0 radical (unpaired) electrons. The Labute approximate surface area is 110 Å². The second-order valence-electron chi connectivity index (χ2n) is 5.38. The number of ether oxygens (including phenoxy) is 2. The summed E-state index contributed by atoms with van der Waals surface area (Å²) in [5, 5.41) is 0. The van der Waals surface area contributed by atoms with Crippen molar-refractivity contribution in [2.24, 2.45) is 5.73 Å². The number of rotatable bonds is 5. The van der Waals surface area contributed by atoms with Crippen LogP contribution in [-0.4, -0.2) is 54.9 Å². The summed E-state index contributed by atoms with van der Waals surface area (Å²) in [5.41, 5.74) is 5.11. The van der Waals surface area contributed by atoms with E-state index < -0.39 is 5.54 Å². The Hall–Kier alpha value is -0.650. The summed E-state index contributed by atoms with van der Waals surface area (Å²) in [6.07, 6.45) is 0.843. The molecule has 1 aliphatic rings. The van der Waals surface area contributed by atoms with E-state index in [1.165, 1.54) is 0 Å². The quantitative estimate of drug-likeness (QED) is 0.738. The number of carbonyl (C=O) groups excluding carboxylic acids is 1. The first-order valence-corrected chi connectivity index (χ1v) is 6.68. The fraction of sp³-hybridized carbons (Fsp3) is 0.923. The molecule has 0 aliphatic carbocycles. The minimum absolute atomic E-state index is 0.243. The molecular weight excluding hydrogens is 232 g/mol. The van der Waals surface area contributed by atoms with Crippen molar-refractivity contribution in [3.8, 4) is 0 Å². The fourth-order valence-corrected chi connectivity index (χ4v) is 2.06. The fourth-order valence-electron chi connectivity index (χ4n) is 2.06. The first-order valence-electron chi connectivity index (χ1n) is 6.68. The van der Waals surface area contributed by atoms with Crippen LogP contribution in [0.5, 0.6) is 0 Å². The molecule has 5 nitrogen and oxygen atoms in total. The largest absolute Gasteiger partial charge is 0.465 e. The Kier molecular flexibility index (Phi) is 5.56. The highest BCUT2D eigenvalue weighted by Gasteiger charge is 2.32. The molecule has 0 saturated carbocycles. The summed E-state index contributed by atoms with van der Waals surface area (Å²) in [6, 6.07) is 0.374. The topological polar surface area (TPSA) is 64.8 Å². The average Bonchev–Trinajstić information content (AvgIpc) is 2.31. The van der Waals surface area contributed by atoms with Gasteiger partial charge in [0.25, 0.3) is 0 Å². The van der Waals surface area contributed by atoms with Crippen LogP contribution in [0.1, 0.15) is 34.1 Å². The molecule has 1 aliphatic heterocycles. The number of carbonyl (C=O) groups is 1. The number of nitrogens with zero attached hydrogens (tertiary/aromatic N) is 1. The van der Waals surface area contributed by atoms with E-state index in [-0.39, 0.29) is 12.1 Å². The Bertz CT molecular complexity index is 281. The summed E-state index contributed by atoms with van der Waals surface area (Å²) in [7, 11) is 0. The third-order valence-electron chi connectivity index (χ3n) is 3.40. The lowest BCUT2D eigenvalue weighted by Gasteiger charge is -2.38. The molecule has 1 fully saturated rings. The monoisotopic (exact) mass is 258 g/mol. The maximum atomic E-state index is 11.7. The zero-order chi connectivity index (χ0) is 13.8. The molecule has 1 rings (SSSR count). The van der Waals surface area contributed by atoms with E-state index in [0.29, 0.717) is 19.1 Å². The lowest BCUT2D eigenvalue weighted by atomic mass is 9.98. The average molecular weight is 258 g/mol. The number of hydrogen-bond donors (Lipinski definition) is 1. The minimum atomic E-state index is -0.905. The van der Waals surface area contributed by atoms with E-state index in [9.17, 15) is 4.79 Å². The van der Waals surface area contributed by atoms with Gasteiger partial charge in [0.05, 0.1) is 19.3 Å². The maximum Gasteiger partial charge on any atom is 0.325 e. The molecule has 0 amide bonds. The van der Waals surface area contributed by atoms with E-state index >= 15 is 0 Å². The number of morpholine rings is 1. The van der Waals surface area contributed by atoms with Gasteiger partial charge >= 0.3 is 5.97 Å². The standard InChI is InChI=1S/C13H26N2O3/c1-5-17-12(16)13(4,14)6-7-15-8-11(3)18-9-10(15)2/h10-11H,5-9,14H2,1-4H3. The van der Waals surface area contributed by atoms with E-state index in [1.807, 2.05) is 0 Å².